The maximum atomic E-state index is 12.4. The summed E-state index contributed by atoms with van der Waals surface area (Å²) in [5.41, 5.74) is 7.63. The third kappa shape index (κ3) is 2.71. The van der Waals surface area contributed by atoms with Gasteiger partial charge in [-0.1, -0.05) is 17.7 Å². The molecule has 98 valence electrons. The summed E-state index contributed by atoms with van der Waals surface area (Å²) in [5, 5.41) is 0. The number of hydrogen-bond acceptors (Lipinski definition) is 3. The predicted octanol–water partition coefficient (Wildman–Crippen LogP) is 0.710. The summed E-state index contributed by atoms with van der Waals surface area (Å²) in [4.78, 5) is 16.5. The van der Waals surface area contributed by atoms with Crippen molar-refractivity contribution < 1.29 is 4.79 Å². The van der Waals surface area contributed by atoms with Crippen LogP contribution in [0.4, 0.5) is 0 Å². The van der Waals surface area contributed by atoms with Crippen LogP contribution in [-0.4, -0.2) is 55.0 Å². The van der Waals surface area contributed by atoms with Crippen LogP contribution < -0.4 is 5.73 Å². The van der Waals surface area contributed by atoms with Crippen LogP contribution >= 0.6 is 0 Å². The van der Waals surface area contributed by atoms with E-state index in [0.717, 1.165) is 30.8 Å². The van der Waals surface area contributed by atoms with Crippen molar-refractivity contribution in [3.63, 3.8) is 0 Å². The Morgan fingerprint density at radius 2 is 2.22 bits per heavy atom. The van der Waals surface area contributed by atoms with E-state index in [-0.39, 0.29) is 11.9 Å². The molecule has 1 aromatic carbocycles. The maximum absolute atomic E-state index is 12.4. The van der Waals surface area contributed by atoms with Gasteiger partial charge in [0.1, 0.15) is 0 Å². The molecule has 1 saturated heterocycles. The third-order valence-corrected chi connectivity index (χ3v) is 3.60. The Labute approximate surface area is 108 Å². The second-order valence-electron chi connectivity index (χ2n) is 4.99. The zero-order valence-electron chi connectivity index (χ0n) is 11.1. The average molecular weight is 247 g/mol. The van der Waals surface area contributed by atoms with E-state index in [4.69, 9.17) is 5.73 Å². The van der Waals surface area contributed by atoms with Crippen molar-refractivity contribution in [2.24, 2.45) is 5.73 Å². The Morgan fingerprint density at radius 1 is 1.44 bits per heavy atom. The molecule has 0 bridgehead atoms. The van der Waals surface area contributed by atoms with Crippen LogP contribution in [0.25, 0.3) is 0 Å². The molecule has 0 radical (unpaired) electrons. The first-order valence-electron chi connectivity index (χ1n) is 6.38. The molecule has 0 saturated carbocycles. The fourth-order valence-corrected chi connectivity index (χ4v) is 2.35. The number of piperazine rings is 1. The zero-order chi connectivity index (χ0) is 13.1. The summed E-state index contributed by atoms with van der Waals surface area (Å²) >= 11 is 0. The van der Waals surface area contributed by atoms with Crippen molar-refractivity contribution in [1.82, 2.24) is 9.80 Å². The van der Waals surface area contributed by atoms with Gasteiger partial charge in [0, 0.05) is 37.8 Å². The molecule has 4 heteroatoms. The van der Waals surface area contributed by atoms with Crippen LogP contribution in [0.5, 0.6) is 0 Å². The van der Waals surface area contributed by atoms with Gasteiger partial charge in [-0.2, -0.15) is 0 Å². The Bertz CT molecular complexity index is 433. The number of nitrogens with two attached hydrogens (primary N) is 1. The fraction of sp³-hybridized carbons (Fsp3) is 0.500. The first kappa shape index (κ1) is 13.1. The number of hydrogen-bond donors (Lipinski definition) is 1. The summed E-state index contributed by atoms with van der Waals surface area (Å²) in [6.45, 7) is 4.98. The van der Waals surface area contributed by atoms with Crippen LogP contribution in [0.1, 0.15) is 15.9 Å². The minimum Gasteiger partial charge on any atom is -0.336 e. The molecular weight excluding hydrogens is 226 g/mol. The molecule has 2 N–H and O–H groups in total. The van der Waals surface area contributed by atoms with Crippen molar-refractivity contribution in [2.45, 2.75) is 13.0 Å². The van der Waals surface area contributed by atoms with Crippen LogP contribution in [0.2, 0.25) is 0 Å². The van der Waals surface area contributed by atoms with Crippen LogP contribution in [-0.2, 0) is 0 Å². The number of carbonyl (C=O) groups excluding carboxylic acids is 1. The van der Waals surface area contributed by atoms with Gasteiger partial charge in [0.2, 0.25) is 0 Å². The van der Waals surface area contributed by atoms with Gasteiger partial charge < -0.3 is 10.6 Å². The standard InChI is InChI=1S/C14H21N3O/c1-11-4-3-5-12(8-11)14(18)17-7-6-16(2)13(9-15)10-17/h3-5,8,13H,6-7,9-10,15H2,1-2H3. The minimum atomic E-state index is 0.116. The van der Waals surface area contributed by atoms with Crippen LogP contribution in [0, 0.1) is 6.92 Å². The lowest BCUT2D eigenvalue weighted by Crippen LogP contribution is -2.55. The molecule has 1 aliphatic rings. The Hall–Kier alpha value is -1.39. The van der Waals surface area contributed by atoms with Gasteiger partial charge >= 0.3 is 0 Å². The van der Waals surface area contributed by atoms with Gasteiger partial charge in [0.25, 0.3) is 5.91 Å². The molecule has 0 aliphatic carbocycles. The van der Waals surface area contributed by atoms with Crippen molar-refractivity contribution in [2.75, 3.05) is 33.2 Å². The van der Waals surface area contributed by atoms with Gasteiger partial charge in [0.15, 0.2) is 0 Å². The topological polar surface area (TPSA) is 49.6 Å². The van der Waals surface area contributed by atoms with E-state index in [1.54, 1.807) is 0 Å². The van der Waals surface area contributed by atoms with Gasteiger partial charge in [-0.25, -0.2) is 0 Å². The van der Waals surface area contributed by atoms with Crippen molar-refractivity contribution in [3.8, 4) is 0 Å². The number of nitrogens with zero attached hydrogens (tertiary/aromatic N) is 2. The lowest BCUT2D eigenvalue weighted by molar-refractivity contribution is 0.0559. The molecule has 0 aromatic heterocycles. The highest BCUT2D eigenvalue weighted by atomic mass is 16.2. The van der Waals surface area contributed by atoms with Crippen LogP contribution in [0.3, 0.4) is 0 Å². The van der Waals surface area contributed by atoms with E-state index in [0.29, 0.717) is 6.54 Å². The van der Waals surface area contributed by atoms with Crippen molar-refractivity contribution in [1.29, 1.82) is 0 Å². The van der Waals surface area contributed by atoms with E-state index in [1.165, 1.54) is 0 Å². The summed E-state index contributed by atoms with van der Waals surface area (Å²) in [7, 11) is 2.06. The van der Waals surface area contributed by atoms with E-state index >= 15 is 0 Å². The van der Waals surface area contributed by atoms with E-state index in [1.807, 2.05) is 36.1 Å². The van der Waals surface area contributed by atoms with Gasteiger partial charge in [-0.05, 0) is 26.1 Å². The summed E-state index contributed by atoms with van der Waals surface area (Å²) in [6, 6.07) is 8.03. The second kappa shape index (κ2) is 5.50. The normalized spacial score (nSPS) is 21.1. The summed E-state index contributed by atoms with van der Waals surface area (Å²) in [6.07, 6.45) is 0. The number of carbonyl (C=O) groups is 1. The van der Waals surface area contributed by atoms with E-state index in [2.05, 4.69) is 11.9 Å². The number of likely N-dealkylation sites (N-methyl/N-ethyl adjacent to an activating group) is 1. The Kier molecular flexibility index (Phi) is 3.99. The van der Waals surface area contributed by atoms with E-state index in [9.17, 15) is 4.79 Å². The van der Waals surface area contributed by atoms with Crippen molar-refractivity contribution >= 4 is 5.91 Å². The molecule has 2 rings (SSSR count). The average Bonchev–Trinajstić information content (AvgIpc) is 2.38. The lowest BCUT2D eigenvalue weighted by Gasteiger charge is -2.39. The summed E-state index contributed by atoms with van der Waals surface area (Å²) in [5.74, 6) is 0.116. The highest BCUT2D eigenvalue weighted by Crippen LogP contribution is 2.12. The largest absolute Gasteiger partial charge is 0.336 e. The molecule has 1 amide bonds. The molecular formula is C14H21N3O. The number of aryl methyl sites for hydroxylation is 1. The molecule has 18 heavy (non-hydrogen) atoms. The summed E-state index contributed by atoms with van der Waals surface area (Å²) < 4.78 is 0. The van der Waals surface area contributed by atoms with E-state index < -0.39 is 0 Å². The molecule has 1 fully saturated rings. The Morgan fingerprint density at radius 3 is 2.89 bits per heavy atom. The fourth-order valence-electron chi connectivity index (χ4n) is 2.35. The quantitative estimate of drug-likeness (QED) is 0.837. The first-order valence-corrected chi connectivity index (χ1v) is 6.38. The molecule has 0 spiro atoms. The van der Waals surface area contributed by atoms with Crippen LogP contribution in [0.15, 0.2) is 24.3 Å². The molecule has 1 aromatic rings. The zero-order valence-corrected chi connectivity index (χ0v) is 11.1. The number of benzene rings is 1. The number of amides is 1. The SMILES string of the molecule is Cc1cccc(C(=O)N2CCN(C)C(CN)C2)c1. The smallest absolute Gasteiger partial charge is 0.253 e. The van der Waals surface area contributed by atoms with Gasteiger partial charge in [-0.15, -0.1) is 0 Å². The molecule has 1 unspecified atom stereocenters. The third-order valence-electron chi connectivity index (χ3n) is 3.60. The maximum Gasteiger partial charge on any atom is 0.253 e. The number of rotatable bonds is 2. The molecule has 1 aliphatic heterocycles. The highest BCUT2D eigenvalue weighted by Gasteiger charge is 2.26. The first-order chi connectivity index (χ1) is 8.61. The Balaban J connectivity index is 2.10. The van der Waals surface area contributed by atoms with Gasteiger partial charge in [-0.3, -0.25) is 9.69 Å². The molecule has 1 atom stereocenters. The van der Waals surface area contributed by atoms with Crippen molar-refractivity contribution in [3.05, 3.63) is 35.4 Å². The minimum absolute atomic E-state index is 0.116. The molecule has 4 nitrogen and oxygen atoms in total. The lowest BCUT2D eigenvalue weighted by atomic mass is 10.1. The second-order valence-corrected chi connectivity index (χ2v) is 4.99. The predicted molar refractivity (Wildman–Crippen MR) is 72.6 cm³/mol. The molecule has 1 heterocycles. The van der Waals surface area contributed by atoms with Gasteiger partial charge in [0.05, 0.1) is 0 Å². The monoisotopic (exact) mass is 247 g/mol. The highest BCUT2D eigenvalue weighted by molar-refractivity contribution is 5.94.